The Bertz CT molecular complexity index is 612. The molecule has 0 fully saturated rings. The summed E-state index contributed by atoms with van der Waals surface area (Å²) in [6, 6.07) is 5.89. The molecule has 0 unspecified atom stereocenters. The topological polar surface area (TPSA) is 80.5 Å². The van der Waals surface area contributed by atoms with Crippen molar-refractivity contribution < 1.29 is 0 Å². The summed E-state index contributed by atoms with van der Waals surface area (Å²) in [6.45, 7) is 0. The smallest absolute Gasteiger partial charge is 0.200 e. The van der Waals surface area contributed by atoms with E-state index in [0.29, 0.717) is 11.0 Å². The van der Waals surface area contributed by atoms with Crippen molar-refractivity contribution >= 4 is 27.6 Å². The maximum Gasteiger partial charge on any atom is 0.200 e. The summed E-state index contributed by atoms with van der Waals surface area (Å²) < 4.78 is 4.15. The Labute approximate surface area is 89.1 Å². The molecule has 3 aromatic rings. The predicted molar refractivity (Wildman–Crippen MR) is 59.4 cm³/mol. The van der Waals surface area contributed by atoms with Gasteiger partial charge >= 0.3 is 0 Å². The number of anilines is 1. The van der Waals surface area contributed by atoms with Gasteiger partial charge in [-0.1, -0.05) is 0 Å². The van der Waals surface area contributed by atoms with Crippen molar-refractivity contribution in [3.63, 3.8) is 0 Å². The zero-order valence-electron chi connectivity index (χ0n) is 7.64. The fourth-order valence-electron chi connectivity index (χ4n) is 1.43. The number of H-pyrrole nitrogens is 1. The van der Waals surface area contributed by atoms with Crippen LogP contribution in [0.4, 0.5) is 5.13 Å². The molecular formula is C9H7N5S. The van der Waals surface area contributed by atoms with E-state index >= 15 is 0 Å². The molecule has 0 bridgehead atoms. The average Bonchev–Trinajstić information content (AvgIpc) is 2.84. The molecular weight excluding hydrogens is 210 g/mol. The summed E-state index contributed by atoms with van der Waals surface area (Å²) in [4.78, 5) is 4.13. The second-order valence-corrected chi connectivity index (χ2v) is 3.91. The fraction of sp³-hybridized carbons (Fsp3) is 0. The Balaban J connectivity index is 2.18. The van der Waals surface area contributed by atoms with Crippen molar-refractivity contribution in [1.82, 2.24) is 19.6 Å². The van der Waals surface area contributed by atoms with Crippen molar-refractivity contribution in [1.29, 1.82) is 0 Å². The molecule has 0 spiro atoms. The number of aromatic nitrogens is 4. The third-order valence-electron chi connectivity index (χ3n) is 2.14. The predicted octanol–water partition coefficient (Wildman–Crippen LogP) is 1.66. The maximum atomic E-state index is 5.53. The highest BCUT2D eigenvalue weighted by atomic mass is 32.1. The number of benzene rings is 1. The molecule has 74 valence electrons. The molecule has 1 aromatic carbocycles. The molecule has 6 heteroatoms. The molecule has 0 amide bonds. The molecule has 0 atom stereocenters. The van der Waals surface area contributed by atoms with E-state index in [1.54, 1.807) is 6.20 Å². The molecule has 0 aliphatic carbocycles. The summed E-state index contributed by atoms with van der Waals surface area (Å²) in [6.07, 6.45) is 1.77. The molecule has 3 N–H and O–H groups in total. The molecule has 0 saturated carbocycles. The monoisotopic (exact) mass is 217 g/mol. The van der Waals surface area contributed by atoms with Crippen LogP contribution in [0.5, 0.6) is 0 Å². The molecule has 0 saturated heterocycles. The quantitative estimate of drug-likeness (QED) is 0.649. The fourth-order valence-corrected chi connectivity index (χ4v) is 1.89. The Kier molecular flexibility index (Phi) is 1.69. The number of nitrogen functional groups attached to an aromatic ring is 1. The first-order valence-electron chi connectivity index (χ1n) is 4.35. The molecule has 0 radical (unpaired) electrons. The minimum Gasteiger partial charge on any atom is -0.374 e. The minimum atomic E-state index is 0.484. The Morgan fingerprint density at radius 3 is 3.07 bits per heavy atom. The molecule has 2 heterocycles. The second-order valence-electron chi connectivity index (χ2n) is 3.13. The van der Waals surface area contributed by atoms with Gasteiger partial charge in [0.2, 0.25) is 0 Å². The van der Waals surface area contributed by atoms with Crippen molar-refractivity contribution in [2.75, 3.05) is 5.73 Å². The van der Waals surface area contributed by atoms with Gasteiger partial charge in [-0.15, -0.1) is 0 Å². The van der Waals surface area contributed by atoms with Gasteiger partial charge < -0.3 is 5.73 Å². The Morgan fingerprint density at radius 2 is 2.27 bits per heavy atom. The molecule has 2 aromatic heterocycles. The summed E-state index contributed by atoms with van der Waals surface area (Å²) in [7, 11) is 0. The second kappa shape index (κ2) is 3.03. The van der Waals surface area contributed by atoms with Gasteiger partial charge in [-0.05, 0) is 18.2 Å². The Morgan fingerprint density at radius 1 is 1.33 bits per heavy atom. The highest BCUT2D eigenvalue weighted by molar-refractivity contribution is 7.09. The first-order valence-corrected chi connectivity index (χ1v) is 5.13. The van der Waals surface area contributed by atoms with Crippen molar-refractivity contribution in [3.05, 3.63) is 24.4 Å². The van der Waals surface area contributed by atoms with Crippen molar-refractivity contribution in [2.24, 2.45) is 0 Å². The number of hydrogen-bond acceptors (Lipinski definition) is 5. The first-order chi connectivity index (χ1) is 7.33. The highest BCUT2D eigenvalue weighted by Gasteiger charge is 2.05. The first kappa shape index (κ1) is 8.37. The van der Waals surface area contributed by atoms with Gasteiger partial charge in [-0.25, -0.2) is 0 Å². The van der Waals surface area contributed by atoms with Crippen LogP contribution >= 0.6 is 11.5 Å². The summed E-state index contributed by atoms with van der Waals surface area (Å²) in [5.41, 5.74) is 7.49. The number of nitrogens with two attached hydrogens (primary N) is 1. The zero-order chi connectivity index (χ0) is 10.3. The van der Waals surface area contributed by atoms with E-state index in [-0.39, 0.29) is 0 Å². The number of fused-ring (bicyclic) bond motifs is 1. The van der Waals surface area contributed by atoms with Crippen LogP contribution in [-0.4, -0.2) is 19.6 Å². The minimum absolute atomic E-state index is 0.484. The van der Waals surface area contributed by atoms with Crippen LogP contribution < -0.4 is 5.73 Å². The SMILES string of the molecule is Nc1nc(-c2ccc3[nH]ncc3c2)ns1. The van der Waals surface area contributed by atoms with Crippen LogP contribution in [0.15, 0.2) is 24.4 Å². The summed E-state index contributed by atoms with van der Waals surface area (Å²) >= 11 is 1.20. The zero-order valence-corrected chi connectivity index (χ0v) is 8.45. The van der Waals surface area contributed by atoms with Gasteiger partial charge in [0.15, 0.2) is 11.0 Å². The average molecular weight is 217 g/mol. The van der Waals surface area contributed by atoms with Gasteiger partial charge in [0.05, 0.1) is 11.7 Å². The van der Waals surface area contributed by atoms with Crippen LogP contribution in [-0.2, 0) is 0 Å². The van der Waals surface area contributed by atoms with Crippen LogP contribution in [0.25, 0.3) is 22.3 Å². The van der Waals surface area contributed by atoms with Gasteiger partial charge in [0, 0.05) is 22.5 Å². The molecule has 0 aliphatic rings. The van der Waals surface area contributed by atoms with E-state index < -0.39 is 0 Å². The molecule has 3 rings (SSSR count). The normalized spacial score (nSPS) is 10.9. The lowest BCUT2D eigenvalue weighted by Gasteiger charge is -1.94. The van der Waals surface area contributed by atoms with Crippen molar-refractivity contribution in [2.45, 2.75) is 0 Å². The standard InChI is InChI=1S/C9H7N5S/c10-9-12-8(14-15-9)5-1-2-7-6(3-5)4-11-13-7/h1-4H,(H,11,13)(H2,10,12,14). The van der Waals surface area contributed by atoms with Gasteiger partial charge in [-0.2, -0.15) is 14.5 Å². The molecule has 15 heavy (non-hydrogen) atoms. The summed E-state index contributed by atoms with van der Waals surface area (Å²) in [5.74, 6) is 0.667. The third-order valence-corrected chi connectivity index (χ3v) is 2.68. The number of nitrogens with zero attached hydrogens (tertiary/aromatic N) is 3. The van der Waals surface area contributed by atoms with Crippen LogP contribution in [0, 0.1) is 0 Å². The Hall–Kier alpha value is -1.95. The summed E-state index contributed by atoms with van der Waals surface area (Å²) in [5, 5.41) is 8.37. The van der Waals surface area contributed by atoms with E-state index in [2.05, 4.69) is 19.6 Å². The molecule has 0 aliphatic heterocycles. The van der Waals surface area contributed by atoms with Crippen LogP contribution in [0.2, 0.25) is 0 Å². The van der Waals surface area contributed by atoms with Crippen molar-refractivity contribution in [3.8, 4) is 11.4 Å². The van der Waals surface area contributed by atoms with E-state index in [4.69, 9.17) is 5.73 Å². The molecule has 5 nitrogen and oxygen atoms in total. The van der Waals surface area contributed by atoms with Crippen LogP contribution in [0.3, 0.4) is 0 Å². The lowest BCUT2D eigenvalue weighted by Crippen LogP contribution is -1.83. The van der Waals surface area contributed by atoms with Gasteiger partial charge in [-0.3, -0.25) is 5.10 Å². The number of aromatic amines is 1. The van der Waals surface area contributed by atoms with E-state index in [1.165, 1.54) is 11.5 Å². The van der Waals surface area contributed by atoms with E-state index in [0.717, 1.165) is 16.5 Å². The van der Waals surface area contributed by atoms with Crippen LogP contribution in [0.1, 0.15) is 0 Å². The van der Waals surface area contributed by atoms with E-state index in [9.17, 15) is 0 Å². The number of nitrogens with one attached hydrogen (secondary N) is 1. The number of hydrogen-bond donors (Lipinski definition) is 2. The largest absolute Gasteiger partial charge is 0.374 e. The maximum absolute atomic E-state index is 5.53. The highest BCUT2D eigenvalue weighted by Crippen LogP contribution is 2.22. The van der Waals surface area contributed by atoms with E-state index in [1.807, 2.05) is 18.2 Å². The lowest BCUT2D eigenvalue weighted by atomic mass is 10.1. The van der Waals surface area contributed by atoms with Gasteiger partial charge in [0.1, 0.15) is 0 Å². The third kappa shape index (κ3) is 1.35. The van der Waals surface area contributed by atoms with Gasteiger partial charge in [0.25, 0.3) is 0 Å². The lowest BCUT2D eigenvalue weighted by molar-refractivity contribution is 1.12. The number of rotatable bonds is 1.